The average molecular weight is 335 g/mol. The molecule has 0 bridgehead atoms. The van der Waals surface area contributed by atoms with E-state index in [4.69, 9.17) is 0 Å². The molecular weight excluding hydrogens is 314 g/mol. The van der Waals surface area contributed by atoms with Gasteiger partial charge in [0.05, 0.1) is 6.04 Å². The summed E-state index contributed by atoms with van der Waals surface area (Å²) in [4.78, 5) is 17.2. The molecule has 3 aromatic rings. The SMILES string of the molecule is Cn1ccnc1CC(NC(=O)c1n[nH]c2c1CCC2)c1ccccc1. The third-order valence-corrected chi connectivity index (χ3v) is 4.84. The van der Waals surface area contributed by atoms with Crippen LogP contribution in [0.15, 0.2) is 42.7 Å². The van der Waals surface area contributed by atoms with Crippen LogP contribution >= 0.6 is 0 Å². The van der Waals surface area contributed by atoms with Crippen LogP contribution in [0.1, 0.15) is 45.6 Å². The predicted molar refractivity (Wildman–Crippen MR) is 94.2 cm³/mol. The first kappa shape index (κ1) is 15.6. The first-order chi connectivity index (χ1) is 12.2. The smallest absolute Gasteiger partial charge is 0.272 e. The molecule has 0 saturated heterocycles. The van der Waals surface area contributed by atoms with Crippen molar-refractivity contribution in [2.24, 2.45) is 7.05 Å². The molecule has 0 saturated carbocycles. The predicted octanol–water partition coefficient (Wildman–Crippen LogP) is 2.35. The Kier molecular flexibility index (Phi) is 4.09. The van der Waals surface area contributed by atoms with Crippen LogP contribution in [0.3, 0.4) is 0 Å². The molecule has 1 aromatic carbocycles. The minimum atomic E-state index is -0.149. The van der Waals surface area contributed by atoms with Gasteiger partial charge in [0.25, 0.3) is 5.91 Å². The third kappa shape index (κ3) is 3.07. The highest BCUT2D eigenvalue weighted by Gasteiger charge is 2.25. The van der Waals surface area contributed by atoms with Gasteiger partial charge < -0.3 is 9.88 Å². The molecule has 0 aliphatic heterocycles. The molecule has 2 aromatic heterocycles. The Morgan fingerprint density at radius 1 is 1.32 bits per heavy atom. The summed E-state index contributed by atoms with van der Waals surface area (Å²) in [7, 11) is 1.97. The van der Waals surface area contributed by atoms with Crippen molar-refractivity contribution in [3.8, 4) is 0 Å². The molecule has 0 fully saturated rings. The number of benzene rings is 1. The van der Waals surface area contributed by atoms with Crippen LogP contribution in [-0.4, -0.2) is 25.7 Å². The van der Waals surface area contributed by atoms with Crippen LogP contribution in [0.25, 0.3) is 0 Å². The second-order valence-electron chi connectivity index (χ2n) is 6.48. The summed E-state index contributed by atoms with van der Waals surface area (Å²) in [5.41, 5.74) is 3.77. The van der Waals surface area contributed by atoms with Gasteiger partial charge in [-0.15, -0.1) is 0 Å². The monoisotopic (exact) mass is 335 g/mol. The van der Waals surface area contributed by atoms with Crippen molar-refractivity contribution in [1.82, 2.24) is 25.1 Å². The topological polar surface area (TPSA) is 75.6 Å². The summed E-state index contributed by atoms with van der Waals surface area (Å²) in [5.74, 6) is 0.809. The van der Waals surface area contributed by atoms with Crippen LogP contribution in [0.4, 0.5) is 0 Å². The fraction of sp³-hybridized carbons (Fsp3) is 0.316. The molecule has 2 heterocycles. The van der Waals surface area contributed by atoms with Crippen molar-refractivity contribution >= 4 is 5.91 Å². The van der Waals surface area contributed by atoms with Gasteiger partial charge in [0, 0.05) is 37.1 Å². The number of aryl methyl sites for hydroxylation is 2. The van der Waals surface area contributed by atoms with Crippen molar-refractivity contribution in [1.29, 1.82) is 0 Å². The second kappa shape index (κ2) is 6.55. The number of carbonyl (C=O) groups is 1. The van der Waals surface area contributed by atoms with Gasteiger partial charge in [-0.1, -0.05) is 30.3 Å². The minimum absolute atomic E-state index is 0.123. The number of nitrogens with zero attached hydrogens (tertiary/aromatic N) is 3. The molecule has 6 nitrogen and oxygen atoms in total. The average Bonchev–Trinajstić information content (AvgIpc) is 3.32. The lowest BCUT2D eigenvalue weighted by molar-refractivity contribution is 0.0930. The minimum Gasteiger partial charge on any atom is -0.343 e. The number of imidazole rings is 1. The van der Waals surface area contributed by atoms with E-state index < -0.39 is 0 Å². The standard InChI is InChI=1S/C19H21N5O/c1-24-11-10-20-17(24)12-16(13-6-3-2-4-7-13)21-19(25)18-14-8-5-9-15(14)22-23-18/h2-4,6-7,10-11,16H,5,8-9,12H2,1H3,(H,21,25)(H,22,23). The van der Waals surface area contributed by atoms with Gasteiger partial charge in [-0.2, -0.15) is 5.10 Å². The Labute approximate surface area is 146 Å². The van der Waals surface area contributed by atoms with Crippen LogP contribution in [0, 0.1) is 0 Å². The Morgan fingerprint density at radius 2 is 2.16 bits per heavy atom. The summed E-state index contributed by atoms with van der Waals surface area (Å²) in [6.45, 7) is 0. The number of hydrogen-bond donors (Lipinski definition) is 2. The number of hydrogen-bond acceptors (Lipinski definition) is 3. The number of fused-ring (bicyclic) bond motifs is 1. The number of amides is 1. The zero-order chi connectivity index (χ0) is 17.2. The fourth-order valence-electron chi connectivity index (χ4n) is 3.45. The van der Waals surface area contributed by atoms with Crippen molar-refractivity contribution < 1.29 is 4.79 Å². The number of nitrogens with one attached hydrogen (secondary N) is 2. The van der Waals surface area contributed by atoms with E-state index >= 15 is 0 Å². The van der Waals surface area contributed by atoms with E-state index in [0.29, 0.717) is 12.1 Å². The van der Waals surface area contributed by atoms with Gasteiger partial charge in [0.2, 0.25) is 0 Å². The molecule has 25 heavy (non-hydrogen) atoms. The van der Waals surface area contributed by atoms with E-state index in [2.05, 4.69) is 20.5 Å². The lowest BCUT2D eigenvalue weighted by atomic mass is 10.0. The Morgan fingerprint density at radius 3 is 2.92 bits per heavy atom. The highest BCUT2D eigenvalue weighted by molar-refractivity contribution is 5.94. The van der Waals surface area contributed by atoms with E-state index in [1.54, 1.807) is 6.20 Å². The van der Waals surface area contributed by atoms with Gasteiger partial charge in [-0.25, -0.2) is 4.98 Å². The molecule has 1 unspecified atom stereocenters. The summed E-state index contributed by atoms with van der Waals surface area (Å²) in [6, 6.07) is 9.86. The van der Waals surface area contributed by atoms with Gasteiger partial charge in [0.15, 0.2) is 5.69 Å². The van der Waals surface area contributed by atoms with Crippen molar-refractivity contribution in [3.05, 3.63) is 71.1 Å². The number of H-pyrrole nitrogens is 1. The summed E-state index contributed by atoms with van der Waals surface area (Å²) in [5, 5.41) is 10.4. The molecule has 128 valence electrons. The van der Waals surface area contributed by atoms with Crippen molar-refractivity contribution in [2.75, 3.05) is 0 Å². The Bertz CT molecular complexity index is 880. The lowest BCUT2D eigenvalue weighted by Gasteiger charge is -2.19. The molecule has 4 rings (SSSR count). The first-order valence-electron chi connectivity index (χ1n) is 8.60. The maximum absolute atomic E-state index is 12.8. The second-order valence-corrected chi connectivity index (χ2v) is 6.48. The molecule has 0 radical (unpaired) electrons. The van der Waals surface area contributed by atoms with E-state index in [1.807, 2.05) is 48.1 Å². The van der Waals surface area contributed by atoms with Crippen LogP contribution in [-0.2, 0) is 26.3 Å². The van der Waals surface area contributed by atoms with Crippen LogP contribution < -0.4 is 5.32 Å². The molecule has 1 atom stereocenters. The third-order valence-electron chi connectivity index (χ3n) is 4.84. The maximum Gasteiger partial charge on any atom is 0.272 e. The number of carbonyl (C=O) groups excluding carboxylic acids is 1. The van der Waals surface area contributed by atoms with E-state index in [1.165, 1.54) is 0 Å². The summed E-state index contributed by atoms with van der Waals surface area (Å²) in [6.07, 6.45) is 7.31. The van der Waals surface area contributed by atoms with E-state index in [0.717, 1.165) is 41.9 Å². The van der Waals surface area contributed by atoms with Crippen molar-refractivity contribution in [2.45, 2.75) is 31.7 Å². The molecule has 1 amide bonds. The largest absolute Gasteiger partial charge is 0.343 e. The lowest BCUT2D eigenvalue weighted by Crippen LogP contribution is -2.31. The highest BCUT2D eigenvalue weighted by Crippen LogP contribution is 2.24. The van der Waals surface area contributed by atoms with Gasteiger partial charge >= 0.3 is 0 Å². The number of aromatic amines is 1. The van der Waals surface area contributed by atoms with Crippen molar-refractivity contribution in [3.63, 3.8) is 0 Å². The van der Waals surface area contributed by atoms with Gasteiger partial charge in [-0.05, 0) is 24.8 Å². The molecular formula is C19H21N5O. The fourth-order valence-corrected chi connectivity index (χ4v) is 3.45. The molecule has 6 heteroatoms. The molecule has 0 spiro atoms. The zero-order valence-corrected chi connectivity index (χ0v) is 14.2. The number of rotatable bonds is 5. The maximum atomic E-state index is 12.8. The molecule has 1 aliphatic carbocycles. The molecule has 2 N–H and O–H groups in total. The summed E-state index contributed by atoms with van der Waals surface area (Å²) < 4.78 is 1.98. The number of aromatic nitrogens is 4. The van der Waals surface area contributed by atoms with Crippen LogP contribution in [0.2, 0.25) is 0 Å². The highest BCUT2D eigenvalue weighted by atomic mass is 16.2. The molecule has 1 aliphatic rings. The van der Waals surface area contributed by atoms with Crippen LogP contribution in [0.5, 0.6) is 0 Å². The van der Waals surface area contributed by atoms with E-state index in [-0.39, 0.29) is 11.9 Å². The first-order valence-corrected chi connectivity index (χ1v) is 8.60. The van der Waals surface area contributed by atoms with Gasteiger partial charge in [-0.3, -0.25) is 9.89 Å². The van der Waals surface area contributed by atoms with Gasteiger partial charge in [0.1, 0.15) is 5.82 Å². The van der Waals surface area contributed by atoms with E-state index in [9.17, 15) is 4.79 Å². The Balaban J connectivity index is 1.59. The normalized spacial score (nSPS) is 14.3. The quantitative estimate of drug-likeness (QED) is 0.751. The Hall–Kier alpha value is -2.89. The zero-order valence-electron chi connectivity index (χ0n) is 14.2. The summed E-state index contributed by atoms with van der Waals surface area (Å²) >= 11 is 0.